The van der Waals surface area contributed by atoms with Crippen molar-refractivity contribution < 1.29 is 14.3 Å². The predicted molar refractivity (Wildman–Crippen MR) is 120 cm³/mol. The molecule has 0 aliphatic rings. The Morgan fingerprint density at radius 1 is 0.967 bits per heavy atom. The molecular weight excluding hydrogens is 376 g/mol. The molecule has 2 aromatic carbocycles. The molecule has 0 saturated carbocycles. The number of aryl methyl sites for hydroxylation is 3. The van der Waals surface area contributed by atoms with Gasteiger partial charge >= 0.3 is 5.97 Å². The first-order valence-electron chi connectivity index (χ1n) is 10.2. The molecule has 0 saturated heterocycles. The summed E-state index contributed by atoms with van der Waals surface area (Å²) in [4.78, 5) is 30.2. The van der Waals surface area contributed by atoms with Crippen molar-refractivity contribution in [2.24, 2.45) is 0 Å². The first kappa shape index (κ1) is 21.5. The van der Waals surface area contributed by atoms with E-state index < -0.39 is 12.1 Å². The van der Waals surface area contributed by atoms with Gasteiger partial charge in [-0.25, -0.2) is 4.79 Å². The summed E-state index contributed by atoms with van der Waals surface area (Å²) in [5.41, 5.74) is 5.43. The van der Waals surface area contributed by atoms with E-state index in [2.05, 4.69) is 24.1 Å². The molecule has 156 valence electrons. The Hall–Kier alpha value is -3.21. The maximum Gasteiger partial charge on any atom is 0.341 e. The summed E-state index contributed by atoms with van der Waals surface area (Å²) in [6.45, 7) is 11.3. The first-order valence-corrected chi connectivity index (χ1v) is 10.2. The number of nitrogens with zero attached hydrogens (tertiary/aromatic N) is 1. The SMILES string of the molecule is Cc1cccc(C(C)C)c1NC(=O)[C@H](C)OC(=O)c1c(C)nc2ccccc2c1C. The van der Waals surface area contributed by atoms with Crippen molar-refractivity contribution >= 4 is 28.5 Å². The minimum absolute atomic E-state index is 0.257. The number of nitrogens with one attached hydrogen (secondary N) is 1. The number of ether oxygens (including phenoxy) is 1. The number of benzene rings is 2. The number of para-hydroxylation sites is 2. The Balaban J connectivity index is 1.82. The minimum atomic E-state index is -0.942. The summed E-state index contributed by atoms with van der Waals surface area (Å²) in [5, 5.41) is 3.84. The van der Waals surface area contributed by atoms with Crippen molar-refractivity contribution in [1.82, 2.24) is 4.98 Å². The number of pyridine rings is 1. The topological polar surface area (TPSA) is 68.3 Å². The highest BCUT2D eigenvalue weighted by atomic mass is 16.5. The van der Waals surface area contributed by atoms with E-state index in [1.165, 1.54) is 0 Å². The van der Waals surface area contributed by atoms with Crippen LogP contribution in [0.1, 0.15) is 59.4 Å². The number of esters is 1. The number of hydrogen-bond acceptors (Lipinski definition) is 4. The summed E-state index contributed by atoms with van der Waals surface area (Å²) in [6, 6.07) is 13.6. The first-order chi connectivity index (χ1) is 14.2. The fourth-order valence-corrected chi connectivity index (χ4v) is 3.67. The van der Waals surface area contributed by atoms with E-state index in [4.69, 9.17) is 4.74 Å². The summed E-state index contributed by atoms with van der Waals surface area (Å²) < 4.78 is 5.53. The van der Waals surface area contributed by atoms with Gasteiger partial charge in [0.1, 0.15) is 0 Å². The number of amides is 1. The maximum atomic E-state index is 12.9. The molecule has 30 heavy (non-hydrogen) atoms. The molecular formula is C25H28N2O3. The van der Waals surface area contributed by atoms with Gasteiger partial charge in [-0.15, -0.1) is 0 Å². The number of hydrogen-bond donors (Lipinski definition) is 1. The largest absolute Gasteiger partial charge is 0.449 e. The predicted octanol–water partition coefficient (Wildman–Crippen LogP) is 5.47. The van der Waals surface area contributed by atoms with Gasteiger partial charge in [0.2, 0.25) is 0 Å². The second kappa shape index (κ2) is 8.66. The number of rotatable bonds is 5. The monoisotopic (exact) mass is 404 g/mol. The van der Waals surface area contributed by atoms with Crippen molar-refractivity contribution in [2.45, 2.75) is 53.6 Å². The van der Waals surface area contributed by atoms with Crippen molar-refractivity contribution in [3.63, 3.8) is 0 Å². The van der Waals surface area contributed by atoms with Gasteiger partial charge in [0.05, 0.1) is 16.8 Å². The summed E-state index contributed by atoms with van der Waals surface area (Å²) in [5.74, 6) is -0.643. The number of aromatic nitrogens is 1. The molecule has 5 heteroatoms. The lowest BCUT2D eigenvalue weighted by Crippen LogP contribution is -2.31. The van der Waals surface area contributed by atoms with Gasteiger partial charge in [0.25, 0.3) is 5.91 Å². The molecule has 1 N–H and O–H groups in total. The van der Waals surface area contributed by atoms with Crippen LogP contribution in [0.25, 0.3) is 10.9 Å². The molecule has 0 spiro atoms. The average molecular weight is 405 g/mol. The van der Waals surface area contributed by atoms with Crippen LogP contribution >= 0.6 is 0 Å². The zero-order valence-corrected chi connectivity index (χ0v) is 18.4. The number of fused-ring (bicyclic) bond motifs is 1. The Morgan fingerprint density at radius 2 is 1.67 bits per heavy atom. The summed E-state index contributed by atoms with van der Waals surface area (Å²) in [7, 11) is 0. The van der Waals surface area contributed by atoms with Crippen LogP contribution in [0.3, 0.4) is 0 Å². The third-order valence-electron chi connectivity index (χ3n) is 5.37. The Labute approximate surface area is 177 Å². The van der Waals surface area contributed by atoms with E-state index in [1.54, 1.807) is 13.8 Å². The second-order valence-corrected chi connectivity index (χ2v) is 7.94. The Bertz CT molecular complexity index is 1120. The highest BCUT2D eigenvalue weighted by molar-refractivity contribution is 6.01. The lowest BCUT2D eigenvalue weighted by atomic mass is 9.98. The van der Waals surface area contributed by atoms with E-state index in [0.29, 0.717) is 11.3 Å². The summed E-state index contributed by atoms with van der Waals surface area (Å²) in [6.07, 6.45) is -0.942. The van der Waals surface area contributed by atoms with Crippen molar-refractivity contribution in [2.75, 3.05) is 5.32 Å². The molecule has 0 aliphatic carbocycles. The molecule has 1 aromatic heterocycles. The van der Waals surface area contributed by atoms with Crippen LogP contribution in [0, 0.1) is 20.8 Å². The molecule has 5 nitrogen and oxygen atoms in total. The van der Waals surface area contributed by atoms with Gasteiger partial charge in [-0.05, 0) is 56.4 Å². The van der Waals surface area contributed by atoms with Crippen LogP contribution < -0.4 is 5.32 Å². The molecule has 1 amide bonds. The van der Waals surface area contributed by atoms with Gasteiger partial charge in [-0.3, -0.25) is 9.78 Å². The van der Waals surface area contributed by atoms with E-state index in [1.807, 2.05) is 56.3 Å². The standard InChI is InChI=1S/C25H28N2O3/c1-14(2)19-12-9-10-15(3)23(19)27-24(28)18(6)30-25(29)22-16(4)20-11-7-8-13-21(20)26-17(22)5/h7-14,18H,1-6H3,(H,27,28)/t18-/m0/s1. The maximum absolute atomic E-state index is 12.9. The van der Waals surface area contributed by atoms with E-state index in [9.17, 15) is 9.59 Å². The van der Waals surface area contributed by atoms with Crippen molar-refractivity contribution in [3.05, 3.63) is 70.4 Å². The van der Waals surface area contributed by atoms with Gasteiger partial charge in [-0.2, -0.15) is 0 Å². The van der Waals surface area contributed by atoms with Crippen LogP contribution in [0.5, 0.6) is 0 Å². The Morgan fingerprint density at radius 3 is 2.37 bits per heavy atom. The molecule has 0 aliphatic heterocycles. The van der Waals surface area contributed by atoms with E-state index in [0.717, 1.165) is 33.3 Å². The zero-order chi connectivity index (χ0) is 22.0. The quantitative estimate of drug-likeness (QED) is 0.573. The lowest BCUT2D eigenvalue weighted by molar-refractivity contribution is -0.123. The van der Waals surface area contributed by atoms with Crippen LogP contribution in [0.4, 0.5) is 5.69 Å². The Kier molecular flexibility index (Phi) is 6.20. The fraction of sp³-hybridized carbons (Fsp3) is 0.320. The molecule has 0 radical (unpaired) electrons. The third-order valence-corrected chi connectivity index (χ3v) is 5.37. The third kappa shape index (κ3) is 4.20. The van der Waals surface area contributed by atoms with E-state index >= 15 is 0 Å². The van der Waals surface area contributed by atoms with E-state index in [-0.39, 0.29) is 11.8 Å². The molecule has 0 unspecified atom stereocenters. The highest BCUT2D eigenvalue weighted by Crippen LogP contribution is 2.28. The number of carbonyl (C=O) groups excluding carboxylic acids is 2. The lowest BCUT2D eigenvalue weighted by Gasteiger charge is -2.19. The minimum Gasteiger partial charge on any atom is -0.449 e. The van der Waals surface area contributed by atoms with Gasteiger partial charge in [-0.1, -0.05) is 50.2 Å². The van der Waals surface area contributed by atoms with Crippen LogP contribution in [0.15, 0.2) is 42.5 Å². The van der Waals surface area contributed by atoms with Gasteiger partial charge < -0.3 is 10.1 Å². The van der Waals surface area contributed by atoms with Crippen molar-refractivity contribution in [3.8, 4) is 0 Å². The zero-order valence-electron chi connectivity index (χ0n) is 18.4. The fourth-order valence-electron chi connectivity index (χ4n) is 3.67. The van der Waals surface area contributed by atoms with Crippen molar-refractivity contribution in [1.29, 1.82) is 0 Å². The number of anilines is 1. The average Bonchev–Trinajstić information content (AvgIpc) is 2.69. The summed E-state index contributed by atoms with van der Waals surface area (Å²) >= 11 is 0. The van der Waals surface area contributed by atoms with Gasteiger partial charge in [0, 0.05) is 11.1 Å². The molecule has 0 fully saturated rings. The second-order valence-electron chi connectivity index (χ2n) is 7.94. The molecule has 0 bridgehead atoms. The number of carbonyl (C=O) groups is 2. The van der Waals surface area contributed by atoms with Crippen LogP contribution in [0.2, 0.25) is 0 Å². The normalized spacial score (nSPS) is 12.1. The van der Waals surface area contributed by atoms with Gasteiger partial charge in [0.15, 0.2) is 6.10 Å². The molecule has 1 heterocycles. The molecule has 1 atom stereocenters. The van der Waals surface area contributed by atoms with Crippen LogP contribution in [-0.4, -0.2) is 23.0 Å². The molecule has 3 rings (SSSR count). The highest BCUT2D eigenvalue weighted by Gasteiger charge is 2.24. The molecule has 3 aromatic rings. The van der Waals surface area contributed by atoms with Crippen LogP contribution in [-0.2, 0) is 9.53 Å². The smallest absolute Gasteiger partial charge is 0.341 e.